The zero-order valence-electron chi connectivity index (χ0n) is 12.1. The molecule has 0 aromatic heterocycles. The van der Waals surface area contributed by atoms with Gasteiger partial charge in [0.2, 0.25) is 0 Å². The molecule has 0 saturated carbocycles. The predicted molar refractivity (Wildman–Crippen MR) is 78.2 cm³/mol. The third-order valence-electron chi connectivity index (χ3n) is 2.88. The minimum Gasteiger partial charge on any atom is -0.492 e. The summed E-state index contributed by atoms with van der Waals surface area (Å²) in [6.07, 6.45) is 0. The van der Waals surface area contributed by atoms with Crippen LogP contribution in [0, 0.1) is 0 Å². The van der Waals surface area contributed by atoms with Crippen LogP contribution < -0.4 is 10.1 Å². The summed E-state index contributed by atoms with van der Waals surface area (Å²) in [5.74, 6) is 0.769. The molecule has 1 N–H and O–H groups in total. The number of rotatable bonds is 6. The van der Waals surface area contributed by atoms with E-state index >= 15 is 0 Å². The molecule has 1 rings (SSSR count). The molecule has 0 amide bonds. The highest BCUT2D eigenvalue weighted by Gasteiger charge is 2.28. The molecule has 0 heterocycles. The Morgan fingerprint density at radius 2 is 1.84 bits per heavy atom. The quantitative estimate of drug-likeness (QED) is 0.868. The first kappa shape index (κ1) is 16.0. The Morgan fingerprint density at radius 3 is 2.42 bits per heavy atom. The molecule has 4 nitrogen and oxygen atoms in total. The molecule has 0 atom stereocenters. The number of para-hydroxylation sites is 1. The molecule has 0 saturated heterocycles. The van der Waals surface area contributed by atoms with Gasteiger partial charge < -0.3 is 10.1 Å². The molecule has 0 fully saturated rings. The molecule has 0 radical (unpaired) electrons. The summed E-state index contributed by atoms with van der Waals surface area (Å²) in [6, 6.07) is 7.64. The van der Waals surface area contributed by atoms with E-state index < -0.39 is 14.6 Å². The fourth-order valence-corrected chi connectivity index (χ4v) is 2.46. The minimum atomic E-state index is -3.13. The van der Waals surface area contributed by atoms with Crippen LogP contribution in [-0.2, 0) is 16.4 Å². The van der Waals surface area contributed by atoms with Crippen LogP contribution >= 0.6 is 0 Å². The molecule has 1 aromatic carbocycles. The van der Waals surface area contributed by atoms with E-state index in [1.807, 2.05) is 31.3 Å². The molecule has 0 spiro atoms. The van der Waals surface area contributed by atoms with Crippen LogP contribution in [0.25, 0.3) is 0 Å². The van der Waals surface area contributed by atoms with E-state index in [4.69, 9.17) is 4.74 Å². The van der Waals surface area contributed by atoms with Gasteiger partial charge in [0.1, 0.15) is 12.4 Å². The highest BCUT2D eigenvalue weighted by molar-refractivity contribution is 7.92. The molecule has 0 bridgehead atoms. The Balaban J connectivity index is 2.64. The maximum absolute atomic E-state index is 12.0. The maximum Gasteiger partial charge on any atom is 0.158 e. The lowest BCUT2D eigenvalue weighted by Gasteiger charge is -2.19. The van der Waals surface area contributed by atoms with E-state index in [0.29, 0.717) is 6.54 Å². The topological polar surface area (TPSA) is 55.4 Å². The first-order chi connectivity index (χ1) is 8.78. The zero-order valence-corrected chi connectivity index (χ0v) is 12.9. The number of nitrogens with one attached hydrogen (secondary N) is 1. The van der Waals surface area contributed by atoms with E-state index in [1.54, 1.807) is 20.8 Å². The van der Waals surface area contributed by atoms with Crippen molar-refractivity contribution in [3.8, 4) is 5.75 Å². The van der Waals surface area contributed by atoms with Crippen LogP contribution in [0.2, 0.25) is 0 Å². The normalized spacial score (nSPS) is 12.4. The van der Waals surface area contributed by atoms with Gasteiger partial charge in [-0.25, -0.2) is 8.42 Å². The highest BCUT2D eigenvalue weighted by atomic mass is 32.2. The van der Waals surface area contributed by atoms with Crippen molar-refractivity contribution in [3.05, 3.63) is 29.8 Å². The molecule has 108 valence electrons. The highest BCUT2D eigenvalue weighted by Crippen LogP contribution is 2.19. The van der Waals surface area contributed by atoms with Gasteiger partial charge in [0.05, 0.1) is 10.5 Å². The number of hydrogen-bond acceptors (Lipinski definition) is 4. The van der Waals surface area contributed by atoms with Crippen molar-refractivity contribution in [2.45, 2.75) is 32.1 Å². The Kier molecular flexibility index (Phi) is 5.38. The zero-order chi connectivity index (χ0) is 14.5. The second kappa shape index (κ2) is 6.39. The first-order valence-electron chi connectivity index (χ1n) is 6.35. The largest absolute Gasteiger partial charge is 0.492 e. The lowest BCUT2D eigenvalue weighted by atomic mass is 10.2. The van der Waals surface area contributed by atoms with E-state index in [0.717, 1.165) is 11.3 Å². The second-order valence-corrected chi connectivity index (χ2v) is 8.28. The summed E-state index contributed by atoms with van der Waals surface area (Å²) >= 11 is 0. The van der Waals surface area contributed by atoms with Crippen molar-refractivity contribution in [2.24, 2.45) is 0 Å². The van der Waals surface area contributed by atoms with E-state index in [-0.39, 0.29) is 12.4 Å². The maximum atomic E-state index is 12.0. The predicted octanol–water partition coefficient (Wildman–Crippen LogP) is 2.00. The number of hydrogen-bond donors (Lipinski definition) is 1. The monoisotopic (exact) mass is 285 g/mol. The minimum absolute atomic E-state index is 0.0321. The average Bonchev–Trinajstić information content (AvgIpc) is 2.30. The van der Waals surface area contributed by atoms with Crippen molar-refractivity contribution >= 4 is 9.84 Å². The lowest BCUT2D eigenvalue weighted by Crippen LogP contribution is -2.32. The van der Waals surface area contributed by atoms with Gasteiger partial charge in [-0.15, -0.1) is 0 Å². The molecule has 0 aliphatic carbocycles. The molecule has 19 heavy (non-hydrogen) atoms. The smallest absolute Gasteiger partial charge is 0.158 e. The fourth-order valence-electron chi connectivity index (χ4n) is 1.55. The second-order valence-electron chi connectivity index (χ2n) is 5.42. The van der Waals surface area contributed by atoms with E-state index in [9.17, 15) is 8.42 Å². The molecule has 0 aliphatic heterocycles. The molecule has 5 heteroatoms. The molecule has 0 unspecified atom stereocenters. The lowest BCUT2D eigenvalue weighted by molar-refractivity contribution is 0.335. The van der Waals surface area contributed by atoms with Crippen LogP contribution in [-0.4, -0.2) is 32.6 Å². The molecule has 1 aromatic rings. The Labute approximate surface area is 116 Å². The summed E-state index contributed by atoms with van der Waals surface area (Å²) in [6.45, 7) is 5.99. The van der Waals surface area contributed by atoms with Gasteiger partial charge in [0.15, 0.2) is 9.84 Å². The Morgan fingerprint density at radius 1 is 1.21 bits per heavy atom. The summed E-state index contributed by atoms with van der Waals surface area (Å²) < 4.78 is 28.8. The van der Waals surface area contributed by atoms with Gasteiger partial charge in [-0.05, 0) is 33.9 Å². The van der Waals surface area contributed by atoms with Gasteiger partial charge >= 0.3 is 0 Å². The summed E-state index contributed by atoms with van der Waals surface area (Å²) in [4.78, 5) is 0. The first-order valence-corrected chi connectivity index (χ1v) is 8.01. The van der Waals surface area contributed by atoms with Crippen molar-refractivity contribution in [2.75, 3.05) is 19.4 Å². The van der Waals surface area contributed by atoms with Crippen molar-refractivity contribution in [3.63, 3.8) is 0 Å². The van der Waals surface area contributed by atoms with Crippen LogP contribution in [0.1, 0.15) is 26.3 Å². The molecule has 0 aliphatic rings. The van der Waals surface area contributed by atoms with Crippen molar-refractivity contribution < 1.29 is 13.2 Å². The number of benzene rings is 1. The molecular weight excluding hydrogens is 262 g/mol. The summed E-state index contributed by atoms with van der Waals surface area (Å²) in [7, 11) is -1.27. The Hall–Kier alpha value is -1.07. The fraction of sp³-hybridized carbons (Fsp3) is 0.571. The summed E-state index contributed by atoms with van der Waals surface area (Å²) in [5.41, 5.74) is 1.03. The van der Waals surface area contributed by atoms with Gasteiger partial charge in [-0.3, -0.25) is 0 Å². The van der Waals surface area contributed by atoms with Crippen LogP contribution in [0.15, 0.2) is 24.3 Å². The number of ether oxygens (including phenoxy) is 1. The standard InChI is InChI=1S/C14H23NO3S/c1-14(2,3)19(16,17)10-9-18-13-8-6-5-7-12(13)11-15-4/h5-8,15H,9-11H2,1-4H3. The van der Waals surface area contributed by atoms with Gasteiger partial charge in [0, 0.05) is 12.1 Å². The summed E-state index contributed by atoms with van der Waals surface area (Å²) in [5, 5.41) is 3.06. The average molecular weight is 285 g/mol. The van der Waals surface area contributed by atoms with Gasteiger partial charge in [0.25, 0.3) is 0 Å². The van der Waals surface area contributed by atoms with Gasteiger partial charge in [-0.2, -0.15) is 0 Å². The van der Waals surface area contributed by atoms with Crippen LogP contribution in [0.5, 0.6) is 5.75 Å². The van der Waals surface area contributed by atoms with E-state index in [2.05, 4.69) is 5.32 Å². The van der Waals surface area contributed by atoms with Crippen molar-refractivity contribution in [1.82, 2.24) is 5.32 Å². The van der Waals surface area contributed by atoms with Crippen LogP contribution in [0.3, 0.4) is 0 Å². The Bertz CT molecular complexity index is 504. The van der Waals surface area contributed by atoms with Crippen molar-refractivity contribution in [1.29, 1.82) is 0 Å². The van der Waals surface area contributed by atoms with E-state index in [1.165, 1.54) is 0 Å². The number of sulfone groups is 1. The van der Waals surface area contributed by atoms with Crippen LogP contribution in [0.4, 0.5) is 0 Å². The SMILES string of the molecule is CNCc1ccccc1OCCS(=O)(=O)C(C)(C)C. The third kappa shape index (κ3) is 4.51. The molecular formula is C14H23NO3S. The van der Waals surface area contributed by atoms with Gasteiger partial charge in [-0.1, -0.05) is 18.2 Å². The third-order valence-corrected chi connectivity index (χ3v) is 5.45.